The van der Waals surface area contributed by atoms with E-state index in [4.69, 9.17) is 0 Å². The predicted octanol–water partition coefficient (Wildman–Crippen LogP) is 8.82. The van der Waals surface area contributed by atoms with Gasteiger partial charge >= 0.3 is 0 Å². The van der Waals surface area contributed by atoms with Crippen molar-refractivity contribution in [1.29, 1.82) is 0 Å². The zero-order chi connectivity index (χ0) is 30.2. The molecule has 2 amide bonds. The number of carbonyl (C=O) groups is 2. The highest BCUT2D eigenvalue weighted by Gasteiger charge is 2.23. The van der Waals surface area contributed by atoms with Gasteiger partial charge in [-0.1, -0.05) is 101 Å². The van der Waals surface area contributed by atoms with Crippen molar-refractivity contribution in [2.75, 3.05) is 13.1 Å². The number of hydrogen-bond donors (Lipinski definition) is 1. The highest BCUT2D eigenvalue weighted by Crippen LogP contribution is 2.19. The van der Waals surface area contributed by atoms with Gasteiger partial charge in [-0.05, 0) is 56.0 Å². The zero-order valence-electron chi connectivity index (χ0n) is 26.2. The van der Waals surface area contributed by atoms with Gasteiger partial charge in [-0.2, -0.15) is 0 Å². The molecule has 0 aliphatic heterocycles. The first-order valence-corrected chi connectivity index (χ1v) is 16.3. The van der Waals surface area contributed by atoms with Crippen molar-refractivity contribution < 1.29 is 14.0 Å². The Morgan fingerprint density at radius 2 is 1.43 bits per heavy atom. The molecule has 0 spiro atoms. The zero-order valence-corrected chi connectivity index (χ0v) is 26.2. The highest BCUT2D eigenvalue weighted by molar-refractivity contribution is 5.85. The number of halogens is 1. The van der Waals surface area contributed by atoms with E-state index in [0.29, 0.717) is 25.9 Å². The molecular weight excluding hydrogens is 525 g/mol. The Balaban J connectivity index is 1.51. The van der Waals surface area contributed by atoms with Crippen LogP contribution in [0.25, 0.3) is 10.9 Å². The molecule has 0 atom stereocenters. The number of rotatable bonds is 20. The van der Waals surface area contributed by atoms with Crippen LogP contribution in [0.5, 0.6) is 0 Å². The lowest BCUT2D eigenvalue weighted by atomic mass is 10.0. The van der Waals surface area contributed by atoms with Crippen molar-refractivity contribution in [2.45, 2.75) is 117 Å². The van der Waals surface area contributed by atoms with Crippen LogP contribution in [-0.2, 0) is 22.6 Å². The summed E-state index contributed by atoms with van der Waals surface area (Å²) in [7, 11) is 0. The SMILES string of the molecule is CCCCCCCCCCCCCC(=O)N(CC(=O)N(CCc1c[nH]c2ccccc12)Cc1ccc(F)cc1)C(C)C. The predicted molar refractivity (Wildman–Crippen MR) is 172 cm³/mol. The van der Waals surface area contributed by atoms with E-state index < -0.39 is 0 Å². The van der Waals surface area contributed by atoms with Crippen molar-refractivity contribution in [3.05, 3.63) is 71.7 Å². The normalized spacial score (nSPS) is 11.4. The van der Waals surface area contributed by atoms with Gasteiger partial charge in [0.15, 0.2) is 0 Å². The maximum atomic E-state index is 13.7. The summed E-state index contributed by atoms with van der Waals surface area (Å²) in [5.74, 6) is -0.331. The number of amides is 2. The molecule has 230 valence electrons. The van der Waals surface area contributed by atoms with E-state index >= 15 is 0 Å². The maximum absolute atomic E-state index is 13.7. The van der Waals surface area contributed by atoms with Gasteiger partial charge in [-0.25, -0.2) is 4.39 Å². The molecule has 2 aromatic carbocycles. The average Bonchev–Trinajstić information content (AvgIpc) is 3.40. The minimum absolute atomic E-state index is 0.0487. The van der Waals surface area contributed by atoms with E-state index in [1.807, 2.05) is 38.2 Å². The fraction of sp³-hybridized carbons (Fsp3) is 0.556. The number of benzene rings is 2. The van der Waals surface area contributed by atoms with Gasteiger partial charge in [-0.3, -0.25) is 9.59 Å². The Hall–Kier alpha value is -3.15. The molecule has 1 aromatic heterocycles. The summed E-state index contributed by atoms with van der Waals surface area (Å²) in [6, 6.07) is 14.4. The smallest absolute Gasteiger partial charge is 0.242 e. The number of H-pyrrole nitrogens is 1. The van der Waals surface area contributed by atoms with E-state index in [1.54, 1.807) is 21.9 Å². The maximum Gasteiger partial charge on any atom is 0.242 e. The number of aromatic amines is 1. The molecule has 6 heteroatoms. The highest BCUT2D eigenvalue weighted by atomic mass is 19.1. The molecule has 0 radical (unpaired) electrons. The number of aromatic nitrogens is 1. The summed E-state index contributed by atoms with van der Waals surface area (Å²) in [6.45, 7) is 7.14. The van der Waals surface area contributed by atoms with Crippen molar-refractivity contribution in [3.63, 3.8) is 0 Å². The number of carbonyl (C=O) groups excluding carboxylic acids is 2. The van der Waals surface area contributed by atoms with Crippen molar-refractivity contribution in [1.82, 2.24) is 14.8 Å². The molecule has 1 heterocycles. The number of unbranched alkanes of at least 4 members (excludes halogenated alkanes) is 10. The van der Waals surface area contributed by atoms with Crippen LogP contribution < -0.4 is 0 Å². The Bertz CT molecular complexity index is 1200. The van der Waals surface area contributed by atoms with Crippen LogP contribution >= 0.6 is 0 Å². The second kappa shape index (κ2) is 18.4. The molecule has 0 bridgehead atoms. The standard InChI is InChI=1S/C36H52FN3O2/c1-4-5-6-7-8-9-10-11-12-13-14-19-35(41)40(29(2)3)28-36(42)39(27-30-20-22-32(37)23-21-30)25-24-31-26-38-34-18-16-15-17-33(31)34/h15-18,20-23,26,29,38H,4-14,19,24-25,27-28H2,1-3H3. The minimum Gasteiger partial charge on any atom is -0.361 e. The molecule has 0 unspecified atom stereocenters. The van der Waals surface area contributed by atoms with E-state index in [0.717, 1.165) is 34.9 Å². The summed E-state index contributed by atoms with van der Waals surface area (Å²) in [6.07, 6.45) is 16.8. The van der Waals surface area contributed by atoms with Crippen LogP contribution in [0.4, 0.5) is 4.39 Å². The Morgan fingerprint density at radius 1 is 0.810 bits per heavy atom. The molecule has 1 N–H and O–H groups in total. The summed E-state index contributed by atoms with van der Waals surface area (Å²) in [5.41, 5.74) is 3.09. The van der Waals surface area contributed by atoms with Crippen LogP contribution in [-0.4, -0.2) is 45.7 Å². The number of para-hydroxylation sites is 1. The largest absolute Gasteiger partial charge is 0.361 e. The monoisotopic (exact) mass is 577 g/mol. The summed E-state index contributed by atoms with van der Waals surface area (Å²) >= 11 is 0. The lowest BCUT2D eigenvalue weighted by Crippen LogP contribution is -2.46. The molecular formula is C36H52FN3O2. The van der Waals surface area contributed by atoms with Crippen LogP contribution in [0, 0.1) is 5.82 Å². The third kappa shape index (κ3) is 11.3. The van der Waals surface area contributed by atoms with E-state index in [2.05, 4.69) is 18.0 Å². The van der Waals surface area contributed by atoms with Crippen molar-refractivity contribution in [3.8, 4) is 0 Å². The summed E-state index contributed by atoms with van der Waals surface area (Å²) < 4.78 is 13.5. The van der Waals surface area contributed by atoms with Crippen LogP contribution in [0.3, 0.4) is 0 Å². The molecule has 0 aliphatic rings. The molecule has 3 rings (SSSR count). The first-order valence-electron chi connectivity index (χ1n) is 16.3. The van der Waals surface area contributed by atoms with Gasteiger partial charge in [0.1, 0.15) is 5.82 Å². The topological polar surface area (TPSA) is 56.4 Å². The number of nitrogens with one attached hydrogen (secondary N) is 1. The Labute approximate surface area is 252 Å². The molecule has 5 nitrogen and oxygen atoms in total. The second-order valence-electron chi connectivity index (χ2n) is 12.0. The second-order valence-corrected chi connectivity index (χ2v) is 12.0. The Morgan fingerprint density at radius 3 is 2.07 bits per heavy atom. The number of hydrogen-bond acceptors (Lipinski definition) is 2. The van der Waals surface area contributed by atoms with Crippen LogP contribution in [0.15, 0.2) is 54.7 Å². The quantitative estimate of drug-likeness (QED) is 0.136. The fourth-order valence-corrected chi connectivity index (χ4v) is 5.58. The first-order chi connectivity index (χ1) is 20.4. The number of fused-ring (bicyclic) bond motifs is 1. The third-order valence-electron chi connectivity index (χ3n) is 8.21. The molecule has 0 saturated carbocycles. The molecule has 0 fully saturated rings. The van der Waals surface area contributed by atoms with Crippen LogP contribution in [0.1, 0.15) is 109 Å². The molecule has 42 heavy (non-hydrogen) atoms. The molecule has 3 aromatic rings. The van der Waals surface area contributed by atoms with Gasteiger partial charge in [0.25, 0.3) is 0 Å². The minimum atomic E-state index is -0.297. The third-order valence-corrected chi connectivity index (χ3v) is 8.21. The van der Waals surface area contributed by atoms with E-state index in [-0.39, 0.29) is 30.2 Å². The van der Waals surface area contributed by atoms with Crippen LogP contribution in [0.2, 0.25) is 0 Å². The number of nitrogens with zero attached hydrogens (tertiary/aromatic N) is 2. The van der Waals surface area contributed by atoms with Crippen molar-refractivity contribution in [2.24, 2.45) is 0 Å². The summed E-state index contributed by atoms with van der Waals surface area (Å²) in [4.78, 5) is 33.7. The van der Waals surface area contributed by atoms with Gasteiger partial charge in [0, 0.05) is 42.7 Å². The van der Waals surface area contributed by atoms with Gasteiger partial charge in [0.2, 0.25) is 11.8 Å². The lowest BCUT2D eigenvalue weighted by molar-refractivity contribution is -0.142. The van der Waals surface area contributed by atoms with Gasteiger partial charge in [-0.15, -0.1) is 0 Å². The molecule has 0 aliphatic carbocycles. The molecule has 0 saturated heterocycles. The van der Waals surface area contributed by atoms with Gasteiger partial charge in [0.05, 0.1) is 6.54 Å². The Kier molecular flexibility index (Phi) is 14.6. The van der Waals surface area contributed by atoms with Crippen molar-refractivity contribution >= 4 is 22.7 Å². The van der Waals surface area contributed by atoms with Gasteiger partial charge < -0.3 is 14.8 Å². The lowest BCUT2D eigenvalue weighted by Gasteiger charge is -2.30. The fourth-order valence-electron chi connectivity index (χ4n) is 5.58. The average molecular weight is 578 g/mol. The van der Waals surface area contributed by atoms with E-state index in [1.165, 1.54) is 69.9 Å². The van der Waals surface area contributed by atoms with E-state index in [9.17, 15) is 14.0 Å². The summed E-state index contributed by atoms with van der Waals surface area (Å²) in [5, 5.41) is 1.15. The first kappa shape index (κ1) is 33.4.